The number of alkyl halides is 8. The molecule has 0 spiro atoms. The van der Waals surface area contributed by atoms with E-state index >= 15 is 0 Å². The van der Waals surface area contributed by atoms with Crippen LogP contribution in [0.2, 0.25) is 0 Å². The smallest absolute Gasteiger partial charge is 0.330 e. The molecule has 0 saturated carbocycles. The van der Waals surface area contributed by atoms with Crippen molar-refractivity contribution in [1.82, 2.24) is 4.31 Å². The normalized spacial score (nSPS) is 16.1. The lowest BCUT2D eigenvalue weighted by Gasteiger charge is -2.36. The average Bonchev–Trinajstić information content (AvgIpc) is 2.81. The first-order valence-corrected chi connectivity index (χ1v) is 14.2. The SMILES string of the molecule is CCC(Cc1ccc(CN(CC)S(=O)(=O)C(F)(F)C(F)(F)C(F)(F)C(F)(F)S(=O)(=O)O)cc1)CC(C)CN. The summed E-state index contributed by atoms with van der Waals surface area (Å²) in [5.41, 5.74) is 6.39. The lowest BCUT2D eigenvalue weighted by atomic mass is 9.88. The molecule has 0 amide bonds. The Bertz CT molecular complexity index is 1150. The van der Waals surface area contributed by atoms with Gasteiger partial charge in [-0.25, -0.2) is 8.42 Å². The highest BCUT2D eigenvalue weighted by molar-refractivity contribution is 7.90. The highest BCUT2D eigenvalue weighted by Gasteiger charge is 2.87. The molecule has 0 bridgehead atoms. The summed E-state index contributed by atoms with van der Waals surface area (Å²) in [5.74, 6) is -14.5. The Balaban J connectivity index is 3.28. The zero-order chi connectivity index (χ0) is 30.0. The Hall–Kier alpha value is -1.56. The minimum atomic E-state index is -7.53. The molecule has 0 heterocycles. The topological polar surface area (TPSA) is 118 Å². The minimum absolute atomic E-state index is 0.0170. The third-order valence-corrected chi connectivity index (χ3v) is 8.96. The number of benzene rings is 1. The third kappa shape index (κ3) is 6.42. The van der Waals surface area contributed by atoms with Gasteiger partial charge in [-0.15, -0.1) is 0 Å². The fraction of sp³-hybridized carbons (Fsp3) is 0.714. The van der Waals surface area contributed by atoms with Gasteiger partial charge < -0.3 is 5.73 Å². The van der Waals surface area contributed by atoms with Gasteiger partial charge in [-0.3, -0.25) is 4.55 Å². The Morgan fingerprint density at radius 2 is 1.32 bits per heavy atom. The lowest BCUT2D eigenvalue weighted by Crippen LogP contribution is -2.67. The van der Waals surface area contributed by atoms with Crippen LogP contribution in [0, 0.1) is 11.8 Å². The van der Waals surface area contributed by atoms with Gasteiger partial charge in [0, 0.05) is 13.1 Å². The number of nitrogens with two attached hydrogens (primary N) is 1. The molecule has 38 heavy (non-hydrogen) atoms. The number of rotatable bonds is 15. The van der Waals surface area contributed by atoms with E-state index in [4.69, 9.17) is 10.3 Å². The second-order valence-electron chi connectivity index (χ2n) is 8.96. The Morgan fingerprint density at radius 1 is 0.868 bits per heavy atom. The van der Waals surface area contributed by atoms with E-state index in [1.54, 1.807) is 0 Å². The summed E-state index contributed by atoms with van der Waals surface area (Å²) in [6, 6.07) is 5.65. The van der Waals surface area contributed by atoms with Crippen molar-refractivity contribution in [3.8, 4) is 0 Å². The molecule has 1 aromatic rings. The molecule has 0 aliphatic rings. The van der Waals surface area contributed by atoms with Gasteiger partial charge in [0.15, 0.2) is 0 Å². The van der Waals surface area contributed by atoms with Crippen molar-refractivity contribution in [3.63, 3.8) is 0 Å². The first-order chi connectivity index (χ1) is 17.0. The van der Waals surface area contributed by atoms with Crippen LogP contribution in [0.25, 0.3) is 0 Å². The number of hydrogen-bond donors (Lipinski definition) is 2. The molecule has 1 aromatic carbocycles. The molecule has 0 aliphatic heterocycles. The highest BCUT2D eigenvalue weighted by atomic mass is 32.2. The first kappa shape index (κ1) is 34.5. The highest BCUT2D eigenvalue weighted by Crippen LogP contribution is 2.56. The second-order valence-corrected chi connectivity index (χ2v) is 12.4. The molecule has 222 valence electrons. The molecule has 1 rings (SSSR count). The van der Waals surface area contributed by atoms with E-state index in [9.17, 15) is 52.0 Å². The molecule has 17 heteroatoms. The van der Waals surface area contributed by atoms with Gasteiger partial charge in [-0.2, -0.15) is 47.8 Å². The maximum Gasteiger partial charge on any atom is 0.438 e. The van der Waals surface area contributed by atoms with Crippen LogP contribution in [0.15, 0.2) is 24.3 Å². The number of hydrogen-bond acceptors (Lipinski definition) is 5. The Labute approximate surface area is 216 Å². The average molecular weight is 607 g/mol. The maximum absolute atomic E-state index is 14.4. The van der Waals surface area contributed by atoms with Gasteiger partial charge in [0.05, 0.1) is 0 Å². The van der Waals surface area contributed by atoms with Crippen molar-refractivity contribution in [2.24, 2.45) is 17.6 Å². The minimum Gasteiger partial charge on any atom is -0.330 e. The maximum atomic E-state index is 14.4. The van der Waals surface area contributed by atoms with Crippen LogP contribution in [0.5, 0.6) is 0 Å². The Morgan fingerprint density at radius 3 is 1.71 bits per heavy atom. The van der Waals surface area contributed by atoms with Crippen molar-refractivity contribution in [3.05, 3.63) is 35.4 Å². The molecular weight excluding hydrogens is 576 g/mol. The van der Waals surface area contributed by atoms with Gasteiger partial charge in [-0.05, 0) is 42.3 Å². The van der Waals surface area contributed by atoms with Gasteiger partial charge in [0.2, 0.25) is 0 Å². The molecule has 7 nitrogen and oxygen atoms in total. The molecule has 0 aromatic heterocycles. The number of nitrogens with zero attached hydrogens (tertiary/aromatic N) is 1. The quantitative estimate of drug-likeness (QED) is 0.220. The monoisotopic (exact) mass is 606 g/mol. The summed E-state index contributed by atoms with van der Waals surface area (Å²) < 4.78 is 165. The predicted molar refractivity (Wildman–Crippen MR) is 123 cm³/mol. The van der Waals surface area contributed by atoms with Crippen LogP contribution in [-0.2, 0) is 33.1 Å². The molecular formula is C21H30F8N2O5S2. The summed E-state index contributed by atoms with van der Waals surface area (Å²) in [7, 11) is -14.2. The second kappa shape index (κ2) is 11.9. The molecule has 0 aliphatic carbocycles. The molecule has 0 fully saturated rings. The van der Waals surface area contributed by atoms with E-state index in [1.165, 1.54) is 24.3 Å². The van der Waals surface area contributed by atoms with E-state index in [-0.39, 0.29) is 21.7 Å². The summed E-state index contributed by atoms with van der Waals surface area (Å²) in [5, 5.41) is -14.1. The molecule has 0 saturated heterocycles. The van der Waals surface area contributed by atoms with E-state index < -0.39 is 55.6 Å². The summed E-state index contributed by atoms with van der Waals surface area (Å²) in [4.78, 5) is 0. The molecule has 2 unspecified atom stereocenters. The fourth-order valence-corrected chi connectivity index (χ4v) is 5.48. The van der Waals surface area contributed by atoms with Crippen LogP contribution in [0.1, 0.15) is 44.7 Å². The number of sulfonamides is 1. The van der Waals surface area contributed by atoms with E-state index in [1.807, 2.05) is 13.8 Å². The van der Waals surface area contributed by atoms with Gasteiger partial charge in [0.1, 0.15) is 0 Å². The van der Waals surface area contributed by atoms with E-state index in [0.717, 1.165) is 25.3 Å². The van der Waals surface area contributed by atoms with Crippen molar-refractivity contribution >= 4 is 20.1 Å². The van der Waals surface area contributed by atoms with E-state index in [2.05, 4.69) is 0 Å². The van der Waals surface area contributed by atoms with Crippen molar-refractivity contribution in [2.45, 2.75) is 68.9 Å². The predicted octanol–water partition coefficient (Wildman–Crippen LogP) is 4.74. The molecule has 2 atom stereocenters. The number of halogens is 8. The van der Waals surface area contributed by atoms with Gasteiger partial charge >= 0.3 is 32.5 Å². The zero-order valence-electron chi connectivity index (χ0n) is 20.7. The largest absolute Gasteiger partial charge is 0.438 e. The summed E-state index contributed by atoms with van der Waals surface area (Å²) >= 11 is 0. The molecule has 3 N–H and O–H groups in total. The zero-order valence-corrected chi connectivity index (χ0v) is 22.3. The van der Waals surface area contributed by atoms with E-state index in [0.29, 0.717) is 13.0 Å². The lowest BCUT2D eigenvalue weighted by molar-refractivity contribution is -0.327. The van der Waals surface area contributed by atoms with Crippen LogP contribution >= 0.6 is 0 Å². The van der Waals surface area contributed by atoms with Crippen LogP contribution < -0.4 is 5.73 Å². The Kier molecular flexibility index (Phi) is 10.8. The van der Waals surface area contributed by atoms with Gasteiger partial charge in [-0.1, -0.05) is 51.5 Å². The fourth-order valence-electron chi connectivity index (χ4n) is 3.60. The molecule has 0 radical (unpaired) electrons. The third-order valence-electron chi connectivity index (χ3n) is 6.09. The van der Waals surface area contributed by atoms with Gasteiger partial charge in [0.25, 0.3) is 10.0 Å². The van der Waals surface area contributed by atoms with Crippen molar-refractivity contribution in [2.75, 3.05) is 13.1 Å². The van der Waals surface area contributed by atoms with Crippen LogP contribution in [-0.4, -0.2) is 61.1 Å². The summed E-state index contributed by atoms with van der Waals surface area (Å²) in [6.07, 6.45) is 2.23. The van der Waals surface area contributed by atoms with Crippen molar-refractivity contribution < 1.29 is 56.5 Å². The first-order valence-electron chi connectivity index (χ1n) is 11.3. The van der Waals surface area contributed by atoms with Crippen molar-refractivity contribution in [1.29, 1.82) is 0 Å². The summed E-state index contributed by atoms with van der Waals surface area (Å²) in [6.45, 7) is 3.34. The van der Waals surface area contributed by atoms with Crippen LogP contribution in [0.4, 0.5) is 35.1 Å². The standard InChI is InChI=1S/C21H30F8N2O5S2/c1-4-15(10-14(3)12-30)11-16-6-8-17(9-7-16)13-31(5-2)37(32,33)20(26,27)18(22,23)19(24,25)21(28,29)38(34,35)36/h6-9,14-15H,4-5,10-13,30H2,1-3H3,(H,34,35,36). The van der Waals surface area contributed by atoms with Crippen LogP contribution in [0.3, 0.4) is 0 Å².